The first kappa shape index (κ1) is 14.0. The zero-order valence-electron chi connectivity index (χ0n) is 12.7. The summed E-state index contributed by atoms with van der Waals surface area (Å²) in [5.74, 6) is -0.182. The molecular formula is C17H26O4. The molecule has 2 saturated carbocycles. The summed E-state index contributed by atoms with van der Waals surface area (Å²) in [7, 11) is 0. The SMILES string of the molecule is O=C(O)C1(CC2CCC3(CCCC3)O2)CCOC1C1CC1. The predicted molar refractivity (Wildman–Crippen MR) is 77.1 cm³/mol. The maximum atomic E-state index is 12.0. The van der Waals surface area contributed by atoms with Gasteiger partial charge in [-0.1, -0.05) is 12.8 Å². The van der Waals surface area contributed by atoms with Gasteiger partial charge in [-0.3, -0.25) is 4.79 Å². The highest BCUT2D eigenvalue weighted by atomic mass is 16.5. The summed E-state index contributed by atoms with van der Waals surface area (Å²) in [5, 5.41) is 9.89. The molecule has 4 nitrogen and oxygen atoms in total. The van der Waals surface area contributed by atoms with E-state index in [0.717, 1.165) is 25.7 Å². The molecule has 0 bridgehead atoms. The van der Waals surface area contributed by atoms with E-state index in [1.165, 1.54) is 25.7 Å². The van der Waals surface area contributed by atoms with E-state index >= 15 is 0 Å². The van der Waals surface area contributed by atoms with E-state index < -0.39 is 11.4 Å². The van der Waals surface area contributed by atoms with Crippen molar-refractivity contribution in [2.24, 2.45) is 11.3 Å². The third-order valence-corrected chi connectivity index (χ3v) is 6.31. The third-order valence-electron chi connectivity index (χ3n) is 6.31. The molecule has 3 unspecified atom stereocenters. The normalized spacial score (nSPS) is 41.9. The van der Waals surface area contributed by atoms with Crippen LogP contribution < -0.4 is 0 Å². The van der Waals surface area contributed by atoms with Gasteiger partial charge in [0, 0.05) is 6.61 Å². The highest BCUT2D eigenvalue weighted by Gasteiger charge is 2.57. The summed E-state index contributed by atoms with van der Waals surface area (Å²) in [6, 6.07) is 0. The Morgan fingerprint density at radius 2 is 1.86 bits per heavy atom. The molecule has 0 radical (unpaired) electrons. The summed E-state index contributed by atoms with van der Waals surface area (Å²) in [4.78, 5) is 12.0. The molecule has 1 N–H and O–H groups in total. The lowest BCUT2D eigenvalue weighted by Gasteiger charge is -2.33. The second-order valence-corrected chi connectivity index (χ2v) is 7.71. The van der Waals surface area contributed by atoms with Gasteiger partial charge in [-0.05, 0) is 57.3 Å². The van der Waals surface area contributed by atoms with Crippen molar-refractivity contribution in [3.8, 4) is 0 Å². The highest BCUT2D eigenvalue weighted by Crippen LogP contribution is 2.53. The smallest absolute Gasteiger partial charge is 0.312 e. The molecule has 2 aliphatic carbocycles. The maximum Gasteiger partial charge on any atom is 0.312 e. The first-order chi connectivity index (χ1) is 10.1. The molecule has 2 heterocycles. The van der Waals surface area contributed by atoms with Crippen molar-refractivity contribution >= 4 is 5.97 Å². The first-order valence-corrected chi connectivity index (χ1v) is 8.66. The van der Waals surface area contributed by atoms with Crippen LogP contribution in [0.25, 0.3) is 0 Å². The second kappa shape index (κ2) is 4.95. The summed E-state index contributed by atoms with van der Waals surface area (Å²) < 4.78 is 12.2. The van der Waals surface area contributed by atoms with Crippen molar-refractivity contribution in [2.45, 2.75) is 82.0 Å². The fraction of sp³-hybridized carbons (Fsp3) is 0.941. The van der Waals surface area contributed by atoms with E-state index in [-0.39, 0.29) is 17.8 Å². The summed E-state index contributed by atoms with van der Waals surface area (Å²) in [6.07, 6.45) is 10.7. The minimum Gasteiger partial charge on any atom is -0.481 e. The van der Waals surface area contributed by atoms with E-state index in [4.69, 9.17) is 9.47 Å². The summed E-state index contributed by atoms with van der Waals surface area (Å²) >= 11 is 0. The zero-order chi connectivity index (χ0) is 14.5. The van der Waals surface area contributed by atoms with E-state index in [2.05, 4.69) is 0 Å². The molecule has 2 saturated heterocycles. The molecule has 21 heavy (non-hydrogen) atoms. The Kier molecular flexibility index (Phi) is 3.30. The molecule has 4 fully saturated rings. The van der Waals surface area contributed by atoms with Crippen LogP contribution >= 0.6 is 0 Å². The molecule has 3 atom stereocenters. The minimum atomic E-state index is -0.685. The Labute approximate surface area is 126 Å². The molecular weight excluding hydrogens is 268 g/mol. The molecule has 0 amide bonds. The lowest BCUT2D eigenvalue weighted by molar-refractivity contribution is -0.158. The Hall–Kier alpha value is -0.610. The first-order valence-electron chi connectivity index (χ1n) is 8.66. The van der Waals surface area contributed by atoms with Gasteiger partial charge in [0.2, 0.25) is 0 Å². The van der Waals surface area contributed by atoms with E-state index in [1.54, 1.807) is 0 Å². The predicted octanol–water partition coefficient (Wildman–Crippen LogP) is 3.14. The fourth-order valence-corrected chi connectivity index (χ4v) is 5.02. The Morgan fingerprint density at radius 1 is 1.10 bits per heavy atom. The van der Waals surface area contributed by atoms with Gasteiger partial charge in [0.25, 0.3) is 0 Å². The Bertz CT molecular complexity index is 425. The van der Waals surface area contributed by atoms with E-state index in [0.29, 0.717) is 25.4 Å². The monoisotopic (exact) mass is 294 g/mol. The van der Waals surface area contributed by atoms with Gasteiger partial charge < -0.3 is 14.6 Å². The van der Waals surface area contributed by atoms with Crippen LogP contribution in [0.5, 0.6) is 0 Å². The van der Waals surface area contributed by atoms with Crippen molar-refractivity contribution in [2.75, 3.05) is 6.61 Å². The summed E-state index contributed by atoms with van der Waals surface area (Å²) in [6.45, 7) is 0.603. The molecule has 1 spiro atoms. The van der Waals surface area contributed by atoms with Crippen molar-refractivity contribution in [3.63, 3.8) is 0 Å². The second-order valence-electron chi connectivity index (χ2n) is 7.71. The van der Waals surface area contributed by atoms with Gasteiger partial charge in [0.05, 0.1) is 23.2 Å². The number of carboxylic acid groups (broad SMARTS) is 1. The third kappa shape index (κ3) is 2.31. The molecule has 4 aliphatic rings. The molecule has 0 aromatic heterocycles. The van der Waals surface area contributed by atoms with E-state index in [1.807, 2.05) is 0 Å². The average molecular weight is 294 g/mol. The van der Waals surface area contributed by atoms with Crippen LogP contribution in [0.4, 0.5) is 0 Å². The molecule has 4 heteroatoms. The average Bonchev–Trinajstić information content (AvgIpc) is 2.88. The molecule has 2 aliphatic heterocycles. The molecule has 0 aromatic carbocycles. The minimum absolute atomic E-state index is 0.0706. The molecule has 0 aromatic rings. The van der Waals surface area contributed by atoms with Gasteiger partial charge in [-0.25, -0.2) is 0 Å². The van der Waals surface area contributed by atoms with Gasteiger partial charge in [-0.2, -0.15) is 0 Å². The number of ether oxygens (including phenoxy) is 2. The standard InChI is InChI=1S/C17H26O4/c18-15(19)17(9-10-20-14(17)12-3-4-12)11-13-5-8-16(21-13)6-1-2-7-16/h12-14H,1-11H2,(H,18,19). The van der Waals surface area contributed by atoms with Crippen LogP contribution in [0, 0.1) is 11.3 Å². The number of hydrogen-bond donors (Lipinski definition) is 1. The van der Waals surface area contributed by atoms with Crippen molar-refractivity contribution in [1.82, 2.24) is 0 Å². The largest absolute Gasteiger partial charge is 0.481 e. The van der Waals surface area contributed by atoms with Gasteiger partial charge in [0.1, 0.15) is 0 Å². The van der Waals surface area contributed by atoms with E-state index in [9.17, 15) is 9.90 Å². The van der Waals surface area contributed by atoms with Gasteiger partial charge in [-0.15, -0.1) is 0 Å². The van der Waals surface area contributed by atoms with Crippen LogP contribution in [0.3, 0.4) is 0 Å². The number of hydrogen-bond acceptors (Lipinski definition) is 3. The van der Waals surface area contributed by atoms with Gasteiger partial charge >= 0.3 is 5.97 Å². The topological polar surface area (TPSA) is 55.8 Å². The summed E-state index contributed by atoms with van der Waals surface area (Å²) in [5.41, 5.74) is -0.588. The Balaban J connectivity index is 1.49. The number of aliphatic carboxylic acids is 1. The van der Waals surface area contributed by atoms with Crippen molar-refractivity contribution < 1.29 is 19.4 Å². The molecule has 4 rings (SSSR count). The number of carboxylic acids is 1. The van der Waals surface area contributed by atoms with Crippen LogP contribution in [0.1, 0.15) is 64.2 Å². The lowest BCUT2D eigenvalue weighted by atomic mass is 9.74. The highest BCUT2D eigenvalue weighted by molar-refractivity contribution is 5.76. The van der Waals surface area contributed by atoms with Crippen LogP contribution in [0.15, 0.2) is 0 Å². The number of rotatable bonds is 4. The van der Waals surface area contributed by atoms with Crippen LogP contribution in [-0.4, -0.2) is 35.5 Å². The quantitative estimate of drug-likeness (QED) is 0.865. The zero-order valence-corrected chi connectivity index (χ0v) is 12.7. The van der Waals surface area contributed by atoms with Crippen molar-refractivity contribution in [3.05, 3.63) is 0 Å². The fourth-order valence-electron chi connectivity index (χ4n) is 5.02. The number of carbonyl (C=O) groups is 1. The Morgan fingerprint density at radius 3 is 2.52 bits per heavy atom. The van der Waals surface area contributed by atoms with Gasteiger partial charge in [0.15, 0.2) is 0 Å². The van der Waals surface area contributed by atoms with Crippen molar-refractivity contribution in [1.29, 1.82) is 0 Å². The lowest BCUT2D eigenvalue weighted by Crippen LogP contribution is -2.43. The van der Waals surface area contributed by atoms with Crippen LogP contribution in [0.2, 0.25) is 0 Å². The maximum absolute atomic E-state index is 12.0. The molecule has 118 valence electrons. The van der Waals surface area contributed by atoms with Crippen LogP contribution in [-0.2, 0) is 14.3 Å².